The smallest absolute Gasteiger partial charge is 0.308 e. The van der Waals surface area contributed by atoms with Crippen molar-refractivity contribution < 1.29 is 29.0 Å². The first-order valence-corrected chi connectivity index (χ1v) is 9.37. The molecule has 3 atom stereocenters. The summed E-state index contributed by atoms with van der Waals surface area (Å²) in [5.74, 6) is -1.89. The number of aliphatic carboxylic acids is 1. The molecule has 2 rings (SSSR count). The predicted molar refractivity (Wildman–Crippen MR) is 93.6 cm³/mol. The van der Waals surface area contributed by atoms with Gasteiger partial charge in [-0.2, -0.15) is 0 Å². The maximum atomic E-state index is 12.4. The molecule has 2 fully saturated rings. The van der Waals surface area contributed by atoms with Gasteiger partial charge in [-0.15, -0.1) is 0 Å². The fraction of sp³-hybridized carbons (Fsp3) is 0.833. The number of amides is 2. The molecule has 0 radical (unpaired) electrons. The molecular formula is C18H30N2O6. The number of likely N-dealkylation sites (tertiary alicyclic amines) is 1. The largest absolute Gasteiger partial charge is 0.481 e. The Labute approximate surface area is 154 Å². The third-order valence-corrected chi connectivity index (χ3v) is 5.03. The lowest BCUT2D eigenvalue weighted by Gasteiger charge is -2.32. The van der Waals surface area contributed by atoms with E-state index in [9.17, 15) is 14.4 Å². The fourth-order valence-electron chi connectivity index (χ4n) is 3.36. The van der Waals surface area contributed by atoms with Gasteiger partial charge >= 0.3 is 5.97 Å². The molecule has 2 aliphatic heterocycles. The molecule has 0 aromatic carbocycles. The van der Waals surface area contributed by atoms with E-state index in [4.69, 9.17) is 14.6 Å². The number of carboxylic acid groups (broad SMARTS) is 1. The summed E-state index contributed by atoms with van der Waals surface area (Å²) < 4.78 is 11.2. The second-order valence-electron chi connectivity index (χ2n) is 7.18. The van der Waals surface area contributed by atoms with Gasteiger partial charge in [-0.05, 0) is 39.0 Å². The summed E-state index contributed by atoms with van der Waals surface area (Å²) in [7, 11) is 1.57. The van der Waals surface area contributed by atoms with Crippen LogP contribution < -0.4 is 0 Å². The lowest BCUT2D eigenvalue weighted by molar-refractivity contribution is -0.151. The van der Waals surface area contributed by atoms with Crippen molar-refractivity contribution in [3.05, 3.63) is 0 Å². The van der Waals surface area contributed by atoms with E-state index >= 15 is 0 Å². The molecule has 8 heteroatoms. The van der Waals surface area contributed by atoms with Crippen LogP contribution in [0.4, 0.5) is 0 Å². The molecule has 0 aromatic rings. The Morgan fingerprint density at radius 1 is 1.27 bits per heavy atom. The Morgan fingerprint density at radius 3 is 2.69 bits per heavy atom. The molecule has 3 unspecified atom stereocenters. The summed E-state index contributed by atoms with van der Waals surface area (Å²) in [6.45, 7) is 3.46. The van der Waals surface area contributed by atoms with E-state index in [0.717, 1.165) is 25.9 Å². The van der Waals surface area contributed by atoms with E-state index in [2.05, 4.69) is 0 Å². The Hall–Kier alpha value is -1.67. The molecule has 0 spiro atoms. The topological polar surface area (TPSA) is 96.4 Å². The molecule has 0 saturated carbocycles. The first-order valence-electron chi connectivity index (χ1n) is 9.37. The number of carbonyl (C=O) groups excluding carboxylic acids is 2. The minimum atomic E-state index is -0.876. The molecule has 26 heavy (non-hydrogen) atoms. The number of ether oxygens (including phenoxy) is 2. The first kappa shape index (κ1) is 20.6. The summed E-state index contributed by atoms with van der Waals surface area (Å²) in [4.78, 5) is 38.8. The number of hydrogen-bond acceptors (Lipinski definition) is 5. The van der Waals surface area contributed by atoms with E-state index in [0.29, 0.717) is 26.0 Å². The van der Waals surface area contributed by atoms with Crippen molar-refractivity contribution in [3.8, 4) is 0 Å². The first-order chi connectivity index (χ1) is 12.4. The highest BCUT2D eigenvalue weighted by Crippen LogP contribution is 2.17. The van der Waals surface area contributed by atoms with Gasteiger partial charge in [-0.25, -0.2) is 0 Å². The molecule has 2 amide bonds. The van der Waals surface area contributed by atoms with Crippen molar-refractivity contribution >= 4 is 17.8 Å². The summed E-state index contributed by atoms with van der Waals surface area (Å²) >= 11 is 0. The maximum absolute atomic E-state index is 12.4. The molecule has 2 heterocycles. The average Bonchev–Trinajstić information content (AvgIpc) is 2.66. The van der Waals surface area contributed by atoms with Crippen molar-refractivity contribution in [1.82, 2.24) is 9.80 Å². The van der Waals surface area contributed by atoms with Gasteiger partial charge in [0, 0.05) is 26.7 Å². The molecule has 2 saturated heterocycles. The molecular weight excluding hydrogens is 340 g/mol. The van der Waals surface area contributed by atoms with E-state index in [1.807, 2.05) is 0 Å². The van der Waals surface area contributed by atoms with E-state index in [1.165, 1.54) is 9.80 Å². The molecule has 2 aliphatic rings. The molecule has 0 aromatic heterocycles. The standard InChI is InChI=1S/C18H30N2O6/c1-13(26-12-15-7-3-4-9-25-15)17(22)19(2)11-16(21)20-8-5-6-14(10-20)18(23)24/h13-15H,3-12H2,1-2H3,(H,23,24). The average molecular weight is 370 g/mol. The molecule has 0 aliphatic carbocycles. The van der Waals surface area contributed by atoms with Crippen molar-refractivity contribution in [2.75, 3.05) is 39.9 Å². The SMILES string of the molecule is CC(OCC1CCCCO1)C(=O)N(C)CC(=O)N1CCCC(C(=O)O)C1. The lowest BCUT2D eigenvalue weighted by atomic mass is 9.98. The van der Waals surface area contributed by atoms with Crippen LogP contribution in [0.25, 0.3) is 0 Å². The van der Waals surface area contributed by atoms with Gasteiger partial charge in [0.05, 0.1) is 25.2 Å². The number of rotatable bonds is 7. The van der Waals surface area contributed by atoms with Crippen LogP contribution in [0.5, 0.6) is 0 Å². The lowest BCUT2D eigenvalue weighted by Crippen LogP contribution is -2.48. The third kappa shape index (κ3) is 5.95. The maximum Gasteiger partial charge on any atom is 0.308 e. The third-order valence-electron chi connectivity index (χ3n) is 5.03. The Kier molecular flexibility index (Phi) is 7.84. The number of nitrogens with zero attached hydrogens (tertiary/aromatic N) is 2. The van der Waals surface area contributed by atoms with Crippen LogP contribution in [-0.4, -0.2) is 84.8 Å². The molecule has 148 valence electrons. The highest BCUT2D eigenvalue weighted by molar-refractivity contribution is 5.87. The zero-order valence-corrected chi connectivity index (χ0v) is 15.7. The van der Waals surface area contributed by atoms with Gasteiger partial charge in [-0.1, -0.05) is 0 Å². The molecule has 8 nitrogen and oxygen atoms in total. The normalized spacial score (nSPS) is 24.8. The molecule has 0 bridgehead atoms. The van der Waals surface area contributed by atoms with Crippen molar-refractivity contribution in [2.45, 2.75) is 51.2 Å². The summed E-state index contributed by atoms with van der Waals surface area (Å²) in [6, 6.07) is 0. The van der Waals surface area contributed by atoms with E-state index < -0.39 is 18.0 Å². The quantitative estimate of drug-likeness (QED) is 0.710. The van der Waals surface area contributed by atoms with Gasteiger partial charge in [0.15, 0.2) is 0 Å². The number of hydrogen-bond donors (Lipinski definition) is 1. The zero-order chi connectivity index (χ0) is 19.1. The van der Waals surface area contributed by atoms with Crippen LogP contribution in [-0.2, 0) is 23.9 Å². The summed E-state index contributed by atoms with van der Waals surface area (Å²) in [5.41, 5.74) is 0. The van der Waals surface area contributed by atoms with Crippen LogP contribution in [0.3, 0.4) is 0 Å². The predicted octanol–water partition coefficient (Wildman–Crippen LogP) is 0.742. The summed E-state index contributed by atoms with van der Waals surface area (Å²) in [5, 5.41) is 9.12. The number of carboxylic acids is 1. The van der Waals surface area contributed by atoms with Gasteiger partial charge in [0.25, 0.3) is 5.91 Å². The monoisotopic (exact) mass is 370 g/mol. The zero-order valence-electron chi connectivity index (χ0n) is 15.7. The van der Waals surface area contributed by atoms with Crippen LogP contribution in [0.2, 0.25) is 0 Å². The van der Waals surface area contributed by atoms with Crippen molar-refractivity contribution in [2.24, 2.45) is 5.92 Å². The van der Waals surface area contributed by atoms with Gasteiger partial charge < -0.3 is 24.4 Å². The Bertz CT molecular complexity index is 506. The van der Waals surface area contributed by atoms with Crippen molar-refractivity contribution in [1.29, 1.82) is 0 Å². The Balaban J connectivity index is 1.75. The van der Waals surface area contributed by atoms with Crippen LogP contribution in [0.1, 0.15) is 39.0 Å². The molecule has 1 N–H and O–H groups in total. The second kappa shape index (κ2) is 9.87. The minimum absolute atomic E-state index is 0.0345. The summed E-state index contributed by atoms with van der Waals surface area (Å²) in [6.07, 6.45) is 3.75. The van der Waals surface area contributed by atoms with Crippen LogP contribution >= 0.6 is 0 Å². The number of piperidine rings is 1. The fourth-order valence-corrected chi connectivity index (χ4v) is 3.36. The van der Waals surface area contributed by atoms with Gasteiger partial charge in [0.2, 0.25) is 5.91 Å². The highest BCUT2D eigenvalue weighted by atomic mass is 16.5. The highest BCUT2D eigenvalue weighted by Gasteiger charge is 2.30. The van der Waals surface area contributed by atoms with Crippen LogP contribution in [0, 0.1) is 5.92 Å². The van der Waals surface area contributed by atoms with Crippen molar-refractivity contribution in [3.63, 3.8) is 0 Å². The minimum Gasteiger partial charge on any atom is -0.481 e. The van der Waals surface area contributed by atoms with E-state index in [1.54, 1.807) is 14.0 Å². The van der Waals surface area contributed by atoms with Gasteiger partial charge in [0.1, 0.15) is 6.10 Å². The Morgan fingerprint density at radius 2 is 2.04 bits per heavy atom. The number of carbonyl (C=O) groups is 3. The second-order valence-corrected chi connectivity index (χ2v) is 7.18. The van der Waals surface area contributed by atoms with Crippen LogP contribution in [0.15, 0.2) is 0 Å². The van der Waals surface area contributed by atoms with E-state index in [-0.39, 0.29) is 31.0 Å². The number of likely N-dealkylation sites (N-methyl/N-ethyl adjacent to an activating group) is 1. The van der Waals surface area contributed by atoms with Gasteiger partial charge in [-0.3, -0.25) is 14.4 Å².